The highest BCUT2D eigenvalue weighted by atomic mass is 16.5. The second-order valence-corrected chi connectivity index (χ2v) is 7.08. The number of fused-ring (bicyclic) bond motifs is 4. The average Bonchev–Trinajstić information content (AvgIpc) is 3.30. The smallest absolute Gasteiger partial charge is 0.338 e. The van der Waals surface area contributed by atoms with Gasteiger partial charge in [0.15, 0.2) is 0 Å². The monoisotopic (exact) mass is 397 g/mol. The zero-order valence-corrected chi connectivity index (χ0v) is 16.6. The lowest BCUT2D eigenvalue weighted by molar-refractivity contribution is 0.0378. The van der Waals surface area contributed by atoms with Gasteiger partial charge in [0, 0.05) is 6.07 Å². The van der Waals surface area contributed by atoms with E-state index in [9.17, 15) is 9.90 Å². The molecule has 0 aliphatic carbocycles. The molecule has 0 amide bonds. The maximum Gasteiger partial charge on any atom is 0.338 e. The highest BCUT2D eigenvalue weighted by Crippen LogP contribution is 2.33. The van der Waals surface area contributed by atoms with Crippen LogP contribution in [-0.2, 0) is 9.47 Å². The Morgan fingerprint density at radius 2 is 1.86 bits per heavy atom. The Bertz CT molecular complexity index is 1180. The molecule has 2 heterocycles. The van der Waals surface area contributed by atoms with Gasteiger partial charge in [-0.15, -0.1) is 14.1 Å². The van der Waals surface area contributed by atoms with Crippen molar-refractivity contribution in [1.29, 1.82) is 0 Å². The number of carbonyl (C=O) groups excluding carboxylic acids is 1. The fourth-order valence-corrected chi connectivity index (χ4v) is 3.09. The first-order valence-electron chi connectivity index (χ1n) is 9.36. The molecule has 0 radical (unpaired) electrons. The van der Waals surface area contributed by atoms with Crippen molar-refractivity contribution in [2.45, 2.75) is 26.9 Å². The third-order valence-corrected chi connectivity index (χ3v) is 4.36. The molecule has 2 aromatic heterocycles. The topological polar surface area (TPSA) is 78.7 Å². The van der Waals surface area contributed by atoms with Crippen molar-refractivity contribution in [3.8, 4) is 17.2 Å². The molecular formula is C21H23N3O5. The van der Waals surface area contributed by atoms with Crippen molar-refractivity contribution in [1.82, 2.24) is 14.1 Å². The standard InChI is InChI=1S/C21H23N3O5/c1-13(2)27-9-10-28-16-6-8-18(20(25)12-16)23-22-17-7-5-15(11-19(17)24(22)23)21(26)29-14(3)4/h5-8,11-12,14,25H,1,9-10H2,2-4H3. The molecule has 4 rings (SSSR count). The molecular weight excluding hydrogens is 374 g/mol. The Hall–Kier alpha value is -3.55. The van der Waals surface area contributed by atoms with Crippen LogP contribution in [0.15, 0.2) is 48.7 Å². The van der Waals surface area contributed by atoms with Crippen molar-refractivity contribution in [2.75, 3.05) is 13.2 Å². The predicted octanol–water partition coefficient (Wildman–Crippen LogP) is 3.62. The van der Waals surface area contributed by atoms with Crippen LogP contribution in [0.1, 0.15) is 31.1 Å². The summed E-state index contributed by atoms with van der Waals surface area (Å²) in [7, 11) is 0. The van der Waals surface area contributed by atoms with Crippen LogP contribution in [0.25, 0.3) is 16.7 Å². The molecule has 8 heteroatoms. The maximum atomic E-state index is 12.1. The quantitative estimate of drug-likeness (QED) is 0.279. The molecule has 8 nitrogen and oxygen atoms in total. The minimum atomic E-state index is -0.352. The van der Waals surface area contributed by atoms with E-state index < -0.39 is 0 Å². The molecule has 0 atom stereocenters. The number of phenols is 1. The molecule has 29 heavy (non-hydrogen) atoms. The minimum absolute atomic E-state index is 0.0862. The molecule has 0 bridgehead atoms. The molecule has 0 aliphatic rings. The number of aromatic hydroxyl groups is 1. The van der Waals surface area contributed by atoms with E-state index in [0.717, 1.165) is 11.0 Å². The van der Waals surface area contributed by atoms with Gasteiger partial charge in [0.1, 0.15) is 41.4 Å². The number of hydrogen-bond donors (Lipinski definition) is 1. The van der Waals surface area contributed by atoms with Crippen LogP contribution in [0.3, 0.4) is 0 Å². The van der Waals surface area contributed by atoms with Gasteiger partial charge in [0.05, 0.1) is 17.4 Å². The third kappa shape index (κ3) is 3.49. The van der Waals surface area contributed by atoms with Crippen LogP contribution in [0.5, 0.6) is 11.5 Å². The van der Waals surface area contributed by atoms with Gasteiger partial charge in [-0.2, -0.15) is 0 Å². The van der Waals surface area contributed by atoms with Crippen molar-refractivity contribution >= 4 is 17.0 Å². The van der Waals surface area contributed by atoms with Gasteiger partial charge < -0.3 is 19.3 Å². The molecule has 0 saturated carbocycles. The van der Waals surface area contributed by atoms with Crippen molar-refractivity contribution in [3.63, 3.8) is 0 Å². The zero-order chi connectivity index (χ0) is 20.7. The number of esters is 1. The second-order valence-electron chi connectivity index (χ2n) is 7.08. The van der Waals surface area contributed by atoms with E-state index in [-0.39, 0.29) is 17.8 Å². The number of phenolic OH excluding ortho intramolecular Hbond substituents is 1. The number of ether oxygens (including phenoxy) is 3. The van der Waals surface area contributed by atoms with E-state index in [4.69, 9.17) is 14.2 Å². The first kappa shape index (κ1) is 18.8. The first-order chi connectivity index (χ1) is 13.9. The number of aromatic nitrogens is 3. The molecule has 4 aromatic rings. The van der Waals surface area contributed by atoms with E-state index in [1.165, 1.54) is 0 Å². The molecule has 0 unspecified atom stereocenters. The average molecular weight is 397 g/mol. The molecule has 0 saturated heterocycles. The van der Waals surface area contributed by atoms with Crippen molar-refractivity contribution in [2.24, 2.45) is 0 Å². The summed E-state index contributed by atoms with van der Waals surface area (Å²) in [4.78, 5) is 13.9. The van der Waals surface area contributed by atoms with Crippen LogP contribution in [0.2, 0.25) is 0 Å². The lowest BCUT2D eigenvalue weighted by Crippen LogP contribution is -2.11. The van der Waals surface area contributed by atoms with Crippen molar-refractivity contribution < 1.29 is 24.1 Å². The fraction of sp³-hybridized carbons (Fsp3) is 0.286. The van der Waals surface area contributed by atoms with Gasteiger partial charge in [-0.05, 0) is 51.1 Å². The molecule has 152 valence electrons. The summed E-state index contributed by atoms with van der Waals surface area (Å²) in [5.74, 6) is 0.914. The zero-order valence-electron chi connectivity index (χ0n) is 16.6. The highest BCUT2D eigenvalue weighted by Gasteiger charge is 2.27. The summed E-state index contributed by atoms with van der Waals surface area (Å²) in [6, 6.07) is 10.5. The van der Waals surface area contributed by atoms with E-state index >= 15 is 0 Å². The highest BCUT2D eigenvalue weighted by molar-refractivity contribution is 5.94. The Balaban J connectivity index is 1.52. The molecule has 0 fully saturated rings. The Morgan fingerprint density at radius 3 is 2.55 bits per heavy atom. The number of benzene rings is 2. The molecule has 0 aliphatic heterocycles. The summed E-state index contributed by atoms with van der Waals surface area (Å²) >= 11 is 0. The predicted molar refractivity (Wildman–Crippen MR) is 107 cm³/mol. The van der Waals surface area contributed by atoms with Gasteiger partial charge >= 0.3 is 5.97 Å². The number of allylic oxidation sites excluding steroid dienone is 1. The van der Waals surface area contributed by atoms with E-state index in [2.05, 4.69) is 6.58 Å². The van der Waals surface area contributed by atoms with Crippen LogP contribution >= 0.6 is 0 Å². The van der Waals surface area contributed by atoms with Crippen LogP contribution < -0.4 is 4.74 Å². The van der Waals surface area contributed by atoms with Crippen LogP contribution in [0, 0.1) is 0 Å². The normalized spacial score (nSPS) is 11.6. The molecule has 2 aromatic carbocycles. The lowest BCUT2D eigenvalue weighted by atomic mass is 10.2. The summed E-state index contributed by atoms with van der Waals surface area (Å²) in [6.07, 6.45) is -0.173. The van der Waals surface area contributed by atoms with Crippen LogP contribution in [0.4, 0.5) is 0 Å². The van der Waals surface area contributed by atoms with E-state index in [0.29, 0.717) is 36.0 Å². The Kier molecular flexibility index (Phi) is 4.62. The fourth-order valence-electron chi connectivity index (χ4n) is 3.09. The second kappa shape index (κ2) is 7.12. The summed E-state index contributed by atoms with van der Waals surface area (Å²) in [5, 5.41) is 10.4. The molecule has 1 N–H and O–H groups in total. The van der Waals surface area contributed by atoms with Crippen molar-refractivity contribution in [3.05, 3.63) is 54.3 Å². The van der Waals surface area contributed by atoms with Gasteiger partial charge in [-0.25, -0.2) is 4.79 Å². The van der Waals surface area contributed by atoms with E-state index in [1.54, 1.807) is 37.3 Å². The van der Waals surface area contributed by atoms with Gasteiger partial charge in [0.2, 0.25) is 0 Å². The number of hydrogen-bond acceptors (Lipinski definition) is 5. The summed E-state index contributed by atoms with van der Waals surface area (Å²) in [6.45, 7) is 9.81. The number of nitrogens with zero attached hydrogens (tertiary/aromatic N) is 3. The molecule has 0 spiro atoms. The minimum Gasteiger partial charge on any atom is -0.505 e. The first-order valence-corrected chi connectivity index (χ1v) is 9.36. The van der Waals surface area contributed by atoms with Crippen LogP contribution in [-0.4, -0.2) is 44.5 Å². The third-order valence-electron chi connectivity index (χ3n) is 4.36. The van der Waals surface area contributed by atoms with Gasteiger partial charge in [0.25, 0.3) is 0 Å². The summed E-state index contributed by atoms with van der Waals surface area (Å²) < 4.78 is 19.8. The summed E-state index contributed by atoms with van der Waals surface area (Å²) in [5.41, 5.74) is 2.93. The Morgan fingerprint density at radius 1 is 1.10 bits per heavy atom. The largest absolute Gasteiger partial charge is 0.505 e. The maximum absolute atomic E-state index is 12.1. The van der Waals surface area contributed by atoms with Gasteiger partial charge in [-0.1, -0.05) is 6.58 Å². The number of rotatable bonds is 8. The Labute approximate surface area is 167 Å². The lowest BCUT2D eigenvalue weighted by Gasteiger charge is -2.08. The number of carbonyl (C=O) groups is 1. The van der Waals surface area contributed by atoms with E-state index in [1.807, 2.05) is 34.0 Å². The SMILES string of the molecule is C=C(C)OCCOc1ccc(-n2n3c4ccc(C(=O)OC(C)C)cc4n23)c(O)c1. The van der Waals surface area contributed by atoms with Gasteiger partial charge in [-0.3, -0.25) is 0 Å².